The van der Waals surface area contributed by atoms with E-state index in [9.17, 15) is 9.90 Å². The van der Waals surface area contributed by atoms with E-state index in [1.807, 2.05) is 0 Å². The highest BCUT2D eigenvalue weighted by atomic mass is 16.7. The van der Waals surface area contributed by atoms with E-state index in [0.717, 1.165) is 30.4 Å². The maximum atomic E-state index is 12.1. The number of fused-ring (bicyclic) bond motifs is 4. The third-order valence-corrected chi connectivity index (χ3v) is 9.10. The van der Waals surface area contributed by atoms with Crippen LogP contribution in [0.5, 0.6) is 0 Å². The van der Waals surface area contributed by atoms with Gasteiger partial charge in [0.1, 0.15) is 36.1 Å². The molecule has 5 fully saturated rings. The maximum absolute atomic E-state index is 12.1. The standard InChI is InChI=1S/C20H24O6/c1-8(2)18-13(25-18)14-20(26-14)17(3)5-4-9-10(7-23-15(9)21)11(17)6-12-19(20,24-12)16(18)22/h8,11-14,16,22H,4-7H2,1-3H3/t11?,12?,13-,14?,16+,17-,18-,19+,20+/m0/s1. The Hall–Kier alpha value is -0.950. The zero-order chi connectivity index (χ0) is 17.9. The third-order valence-electron chi connectivity index (χ3n) is 9.10. The van der Waals surface area contributed by atoms with Gasteiger partial charge in [-0.05, 0) is 36.7 Å². The molecular weight excluding hydrogens is 336 g/mol. The SMILES string of the molecule is CC(C)[C@]12O[C@H]1C1O[C@@]13[C@@]1(C)CCC4=C(COC4=O)C1CC1O[C@@]13[C@@H]2O. The number of ether oxygens (including phenoxy) is 4. The molecular formula is C20H24O6. The summed E-state index contributed by atoms with van der Waals surface area (Å²) in [4.78, 5) is 12.1. The summed E-state index contributed by atoms with van der Waals surface area (Å²) in [5, 5.41) is 11.4. The lowest BCUT2D eigenvalue weighted by Gasteiger charge is -2.53. The Morgan fingerprint density at radius 3 is 2.77 bits per heavy atom. The van der Waals surface area contributed by atoms with Crippen LogP contribution in [0.25, 0.3) is 0 Å². The number of carbonyl (C=O) groups is 1. The van der Waals surface area contributed by atoms with Crippen molar-refractivity contribution in [2.24, 2.45) is 17.3 Å². The molecule has 7 aliphatic rings. The molecule has 0 bridgehead atoms. The largest absolute Gasteiger partial charge is 0.458 e. The van der Waals surface area contributed by atoms with Crippen LogP contribution in [-0.4, -0.2) is 58.9 Å². The lowest BCUT2D eigenvalue weighted by Crippen LogP contribution is -2.69. The highest BCUT2D eigenvalue weighted by Crippen LogP contribution is 2.82. The molecule has 26 heavy (non-hydrogen) atoms. The predicted octanol–water partition coefficient (Wildman–Crippen LogP) is 1.10. The highest BCUT2D eigenvalue weighted by molar-refractivity contribution is 5.92. The minimum absolute atomic E-state index is 0.00808. The summed E-state index contributed by atoms with van der Waals surface area (Å²) < 4.78 is 24.3. The van der Waals surface area contributed by atoms with E-state index in [4.69, 9.17) is 18.9 Å². The van der Waals surface area contributed by atoms with Gasteiger partial charge in [-0.1, -0.05) is 20.8 Å². The van der Waals surface area contributed by atoms with Gasteiger partial charge in [-0.15, -0.1) is 0 Å². The molecule has 2 saturated carbocycles. The van der Waals surface area contributed by atoms with Crippen LogP contribution in [0.4, 0.5) is 0 Å². The molecule has 6 nitrogen and oxygen atoms in total. The van der Waals surface area contributed by atoms with Crippen LogP contribution in [-0.2, 0) is 23.7 Å². The van der Waals surface area contributed by atoms with Gasteiger partial charge in [0.2, 0.25) is 0 Å². The highest BCUT2D eigenvalue weighted by Gasteiger charge is 3.00. The van der Waals surface area contributed by atoms with E-state index in [1.54, 1.807) is 0 Å². The second-order valence-electron chi connectivity index (χ2n) is 9.91. The Balaban J connectivity index is 1.39. The van der Waals surface area contributed by atoms with Gasteiger partial charge in [-0.2, -0.15) is 0 Å². The fourth-order valence-electron chi connectivity index (χ4n) is 7.70. The first-order valence-corrected chi connectivity index (χ1v) is 9.95. The first kappa shape index (κ1) is 15.0. The number of carbonyl (C=O) groups excluding carboxylic acids is 1. The molecule has 4 aliphatic heterocycles. The fourth-order valence-corrected chi connectivity index (χ4v) is 7.70. The predicted molar refractivity (Wildman–Crippen MR) is 87.1 cm³/mol. The molecule has 0 radical (unpaired) electrons. The van der Waals surface area contributed by atoms with Gasteiger partial charge >= 0.3 is 5.97 Å². The van der Waals surface area contributed by atoms with Crippen molar-refractivity contribution >= 4 is 5.97 Å². The molecule has 1 N–H and O–H groups in total. The van der Waals surface area contributed by atoms with E-state index in [-0.39, 0.29) is 41.5 Å². The number of rotatable bonds is 1. The average molecular weight is 360 g/mol. The monoisotopic (exact) mass is 360 g/mol. The quantitative estimate of drug-likeness (QED) is 0.557. The van der Waals surface area contributed by atoms with E-state index in [0.29, 0.717) is 6.61 Å². The van der Waals surface area contributed by atoms with Crippen molar-refractivity contribution in [1.29, 1.82) is 0 Å². The van der Waals surface area contributed by atoms with Gasteiger partial charge in [-0.3, -0.25) is 0 Å². The molecule has 2 spiro atoms. The number of hydrogen-bond donors (Lipinski definition) is 1. The van der Waals surface area contributed by atoms with Crippen molar-refractivity contribution < 1.29 is 28.8 Å². The topological polar surface area (TPSA) is 84.1 Å². The summed E-state index contributed by atoms with van der Waals surface area (Å²) in [6.07, 6.45) is 1.71. The van der Waals surface area contributed by atoms with Gasteiger partial charge in [0.15, 0.2) is 5.60 Å². The normalized spacial score (nSPS) is 63.1. The number of aliphatic hydroxyl groups excluding tert-OH is 1. The van der Waals surface area contributed by atoms with Crippen LogP contribution in [0.15, 0.2) is 11.1 Å². The number of epoxide rings is 3. The van der Waals surface area contributed by atoms with Crippen molar-refractivity contribution in [3.8, 4) is 0 Å². The van der Waals surface area contributed by atoms with Crippen LogP contribution in [0.2, 0.25) is 0 Å². The third kappa shape index (κ3) is 1.14. The molecule has 3 aliphatic carbocycles. The Bertz CT molecular complexity index is 819. The van der Waals surface area contributed by atoms with Crippen LogP contribution in [0.3, 0.4) is 0 Å². The van der Waals surface area contributed by atoms with E-state index in [2.05, 4.69) is 20.8 Å². The molecule has 3 unspecified atom stereocenters. The van der Waals surface area contributed by atoms with Crippen LogP contribution in [0.1, 0.15) is 40.0 Å². The van der Waals surface area contributed by atoms with Crippen LogP contribution in [0, 0.1) is 17.3 Å². The molecule has 140 valence electrons. The molecule has 0 aromatic carbocycles. The second-order valence-corrected chi connectivity index (χ2v) is 9.91. The van der Waals surface area contributed by atoms with Gasteiger partial charge in [-0.25, -0.2) is 4.79 Å². The lowest BCUT2D eigenvalue weighted by atomic mass is 9.46. The second kappa shape index (κ2) is 3.79. The molecule has 3 saturated heterocycles. The summed E-state index contributed by atoms with van der Waals surface area (Å²) in [6, 6.07) is 0. The van der Waals surface area contributed by atoms with E-state index < -0.39 is 22.9 Å². The molecule has 7 rings (SSSR count). The van der Waals surface area contributed by atoms with Crippen molar-refractivity contribution in [3.05, 3.63) is 11.1 Å². The van der Waals surface area contributed by atoms with Gasteiger partial charge in [0.25, 0.3) is 0 Å². The molecule has 0 amide bonds. The number of cyclic esters (lactones) is 1. The minimum Gasteiger partial charge on any atom is -0.458 e. The summed E-state index contributed by atoms with van der Waals surface area (Å²) in [5.74, 6) is 0.297. The molecule has 9 atom stereocenters. The fraction of sp³-hybridized carbons (Fsp3) is 0.850. The smallest absolute Gasteiger partial charge is 0.334 e. The summed E-state index contributed by atoms with van der Waals surface area (Å²) in [7, 11) is 0. The van der Waals surface area contributed by atoms with Gasteiger partial charge in [0.05, 0.1) is 6.10 Å². The number of aliphatic hydroxyl groups is 1. The van der Waals surface area contributed by atoms with E-state index >= 15 is 0 Å². The zero-order valence-corrected chi connectivity index (χ0v) is 15.3. The first-order chi connectivity index (χ1) is 12.3. The Labute approximate surface area is 151 Å². The van der Waals surface area contributed by atoms with Crippen LogP contribution < -0.4 is 0 Å². The van der Waals surface area contributed by atoms with Crippen molar-refractivity contribution in [1.82, 2.24) is 0 Å². The van der Waals surface area contributed by atoms with Gasteiger partial charge < -0.3 is 24.1 Å². The molecule has 0 aromatic rings. The molecule has 4 heterocycles. The van der Waals surface area contributed by atoms with Crippen molar-refractivity contribution in [3.63, 3.8) is 0 Å². The Kier molecular flexibility index (Phi) is 2.19. The number of esters is 1. The minimum atomic E-state index is -0.654. The zero-order valence-electron chi connectivity index (χ0n) is 15.3. The lowest BCUT2D eigenvalue weighted by molar-refractivity contribution is -0.136. The molecule has 6 heteroatoms. The van der Waals surface area contributed by atoms with Crippen molar-refractivity contribution in [2.75, 3.05) is 6.61 Å². The number of hydrogen-bond acceptors (Lipinski definition) is 6. The molecule has 0 aromatic heterocycles. The maximum Gasteiger partial charge on any atom is 0.334 e. The summed E-state index contributed by atoms with van der Waals surface area (Å²) >= 11 is 0. The first-order valence-electron chi connectivity index (χ1n) is 9.95. The summed E-state index contributed by atoms with van der Waals surface area (Å²) in [5.41, 5.74) is 0.230. The summed E-state index contributed by atoms with van der Waals surface area (Å²) in [6.45, 7) is 6.91. The van der Waals surface area contributed by atoms with Gasteiger partial charge in [0, 0.05) is 11.0 Å². The Morgan fingerprint density at radius 1 is 1.19 bits per heavy atom. The van der Waals surface area contributed by atoms with E-state index in [1.165, 1.54) is 0 Å². The Morgan fingerprint density at radius 2 is 2.00 bits per heavy atom. The van der Waals surface area contributed by atoms with Crippen LogP contribution >= 0.6 is 0 Å². The van der Waals surface area contributed by atoms with Crippen molar-refractivity contribution in [2.45, 2.75) is 81.3 Å². The average Bonchev–Trinajstić information content (AvgIpc) is 3.47.